The summed E-state index contributed by atoms with van der Waals surface area (Å²) in [6.07, 6.45) is 1.57. The molecule has 1 N–H and O–H groups in total. The number of fused-ring (bicyclic) bond motifs is 1. The Balaban J connectivity index is 1.85. The molecule has 29 heavy (non-hydrogen) atoms. The average molecular weight is 391 g/mol. The highest BCUT2D eigenvalue weighted by molar-refractivity contribution is 6.46. The van der Waals surface area contributed by atoms with Crippen LogP contribution in [0.15, 0.2) is 48.0 Å². The summed E-state index contributed by atoms with van der Waals surface area (Å²) < 4.78 is 5.73. The van der Waals surface area contributed by atoms with Crippen molar-refractivity contribution >= 4 is 17.4 Å². The summed E-state index contributed by atoms with van der Waals surface area (Å²) in [5.41, 5.74) is 3.55. The molecule has 2 aliphatic rings. The number of ether oxygens (including phenoxy) is 1. The lowest BCUT2D eigenvalue weighted by molar-refractivity contribution is -0.139. The Labute approximate surface area is 170 Å². The molecule has 0 saturated carbocycles. The maximum atomic E-state index is 12.9. The van der Waals surface area contributed by atoms with Crippen LogP contribution < -0.4 is 4.74 Å². The fourth-order valence-electron chi connectivity index (χ4n) is 4.26. The number of carbonyl (C=O) groups excluding carboxylic acids is 2. The number of ketones is 1. The number of carbonyl (C=O) groups is 2. The van der Waals surface area contributed by atoms with E-state index in [4.69, 9.17) is 4.74 Å². The summed E-state index contributed by atoms with van der Waals surface area (Å²) >= 11 is 0. The van der Waals surface area contributed by atoms with Crippen molar-refractivity contribution in [3.8, 4) is 5.75 Å². The molecule has 0 spiro atoms. The van der Waals surface area contributed by atoms with E-state index in [1.165, 1.54) is 0 Å². The van der Waals surface area contributed by atoms with Crippen molar-refractivity contribution in [1.82, 2.24) is 4.90 Å². The maximum absolute atomic E-state index is 12.9. The molecule has 2 aromatic rings. The van der Waals surface area contributed by atoms with Gasteiger partial charge >= 0.3 is 0 Å². The Bertz CT molecular complexity index is 1020. The Kier molecular flexibility index (Phi) is 4.91. The van der Waals surface area contributed by atoms with Crippen LogP contribution in [0.25, 0.3) is 5.76 Å². The number of hydrogen-bond donors (Lipinski definition) is 1. The number of aliphatic hydroxyl groups excluding tert-OH is 1. The molecule has 0 aromatic heterocycles. The molecule has 2 aromatic carbocycles. The first-order valence-corrected chi connectivity index (χ1v) is 10.1. The molecule has 0 bridgehead atoms. The summed E-state index contributed by atoms with van der Waals surface area (Å²) in [6, 6.07) is 12.6. The number of likely N-dealkylation sites (tertiary alicyclic amines) is 1. The van der Waals surface area contributed by atoms with Crippen LogP contribution in [0.5, 0.6) is 5.75 Å². The number of nitrogens with zero attached hydrogens (tertiary/aromatic N) is 1. The smallest absolute Gasteiger partial charge is 0.295 e. The Morgan fingerprint density at radius 3 is 2.72 bits per heavy atom. The Hall–Kier alpha value is -3.08. The molecule has 1 fully saturated rings. The zero-order valence-corrected chi connectivity index (χ0v) is 16.9. The predicted octanol–water partition coefficient (Wildman–Crippen LogP) is 4.15. The van der Waals surface area contributed by atoms with Gasteiger partial charge in [0.15, 0.2) is 0 Å². The molecule has 1 saturated heterocycles. The summed E-state index contributed by atoms with van der Waals surface area (Å²) in [4.78, 5) is 27.2. The fourth-order valence-corrected chi connectivity index (χ4v) is 4.26. The largest absolute Gasteiger partial charge is 0.507 e. The van der Waals surface area contributed by atoms with Crippen LogP contribution in [0.4, 0.5) is 0 Å². The van der Waals surface area contributed by atoms with E-state index in [1.54, 1.807) is 11.0 Å². The van der Waals surface area contributed by atoms with Crippen molar-refractivity contribution in [2.75, 3.05) is 6.54 Å². The third-order valence-corrected chi connectivity index (χ3v) is 5.53. The molecular weight excluding hydrogens is 366 g/mol. The second-order valence-corrected chi connectivity index (χ2v) is 7.86. The van der Waals surface area contributed by atoms with Crippen LogP contribution in [-0.2, 0) is 16.0 Å². The van der Waals surface area contributed by atoms with Gasteiger partial charge < -0.3 is 14.7 Å². The normalized spacial score (nSPS) is 22.7. The number of aliphatic hydroxyl groups is 1. The summed E-state index contributed by atoms with van der Waals surface area (Å²) in [7, 11) is 0. The van der Waals surface area contributed by atoms with Crippen molar-refractivity contribution < 1.29 is 19.4 Å². The third kappa shape index (κ3) is 3.31. The van der Waals surface area contributed by atoms with Gasteiger partial charge in [0.1, 0.15) is 17.6 Å². The topological polar surface area (TPSA) is 66.8 Å². The molecule has 0 radical (unpaired) electrons. The molecule has 5 nitrogen and oxygen atoms in total. The van der Waals surface area contributed by atoms with E-state index in [0.717, 1.165) is 35.3 Å². The zero-order chi connectivity index (χ0) is 20.7. The van der Waals surface area contributed by atoms with E-state index in [0.29, 0.717) is 12.1 Å². The van der Waals surface area contributed by atoms with Crippen LogP contribution in [0.1, 0.15) is 48.6 Å². The van der Waals surface area contributed by atoms with Crippen molar-refractivity contribution in [2.45, 2.75) is 45.8 Å². The van der Waals surface area contributed by atoms with E-state index in [1.807, 2.05) is 57.2 Å². The van der Waals surface area contributed by atoms with Crippen LogP contribution in [0.3, 0.4) is 0 Å². The van der Waals surface area contributed by atoms with Gasteiger partial charge in [-0.2, -0.15) is 0 Å². The van der Waals surface area contributed by atoms with Gasteiger partial charge in [0.05, 0.1) is 11.6 Å². The number of aryl methyl sites for hydroxylation is 1. The maximum Gasteiger partial charge on any atom is 0.295 e. The SMILES string of the molecule is CCCN1C(=O)C(=O)/C(=C(\O)c2ccc3c(c2)CC(C)O3)C1c1cccc(C)c1. The minimum absolute atomic E-state index is 0.0878. The van der Waals surface area contributed by atoms with Crippen LogP contribution in [-0.4, -0.2) is 34.3 Å². The van der Waals surface area contributed by atoms with Gasteiger partial charge in [-0.05, 0) is 49.6 Å². The predicted molar refractivity (Wildman–Crippen MR) is 111 cm³/mol. The van der Waals surface area contributed by atoms with Crippen LogP contribution in [0, 0.1) is 6.92 Å². The molecule has 4 rings (SSSR count). The monoisotopic (exact) mass is 391 g/mol. The minimum atomic E-state index is -0.632. The molecular formula is C24H25NO4. The second-order valence-electron chi connectivity index (χ2n) is 7.86. The molecule has 5 heteroatoms. The van der Waals surface area contributed by atoms with E-state index in [-0.39, 0.29) is 17.4 Å². The zero-order valence-electron chi connectivity index (χ0n) is 16.9. The third-order valence-electron chi connectivity index (χ3n) is 5.53. The van der Waals surface area contributed by atoms with Crippen molar-refractivity contribution in [3.05, 3.63) is 70.3 Å². The highest BCUT2D eigenvalue weighted by atomic mass is 16.5. The molecule has 1 amide bonds. The first-order chi connectivity index (χ1) is 13.9. The molecule has 0 aliphatic carbocycles. The lowest BCUT2D eigenvalue weighted by atomic mass is 9.93. The van der Waals surface area contributed by atoms with Gasteiger partial charge in [-0.3, -0.25) is 9.59 Å². The quantitative estimate of drug-likeness (QED) is 0.483. The Morgan fingerprint density at radius 2 is 2.00 bits per heavy atom. The molecule has 2 heterocycles. The first kappa shape index (κ1) is 19.2. The van der Waals surface area contributed by atoms with Gasteiger partial charge in [0, 0.05) is 18.5 Å². The number of Topliss-reactive ketones (excluding diaryl/α,β-unsaturated/α-hetero) is 1. The van der Waals surface area contributed by atoms with E-state index >= 15 is 0 Å². The van der Waals surface area contributed by atoms with Gasteiger partial charge in [-0.15, -0.1) is 0 Å². The van der Waals surface area contributed by atoms with E-state index < -0.39 is 17.7 Å². The lowest BCUT2D eigenvalue weighted by Crippen LogP contribution is -2.30. The van der Waals surface area contributed by atoms with Crippen LogP contribution >= 0.6 is 0 Å². The van der Waals surface area contributed by atoms with Crippen LogP contribution in [0.2, 0.25) is 0 Å². The van der Waals surface area contributed by atoms with Crippen molar-refractivity contribution in [2.24, 2.45) is 0 Å². The standard InChI is InChI=1S/C24H25NO4/c1-4-10-25-21(16-7-5-6-14(2)11-16)20(23(27)24(25)28)22(26)17-8-9-19-18(13-17)12-15(3)29-19/h5-9,11,13,15,21,26H,4,10,12H2,1-3H3/b22-20-. The molecule has 2 atom stereocenters. The van der Waals surface area contributed by atoms with Gasteiger partial charge in [0.25, 0.3) is 11.7 Å². The molecule has 2 aliphatic heterocycles. The summed E-state index contributed by atoms with van der Waals surface area (Å²) in [5, 5.41) is 11.1. The highest BCUT2D eigenvalue weighted by Crippen LogP contribution is 2.40. The highest BCUT2D eigenvalue weighted by Gasteiger charge is 2.45. The first-order valence-electron chi connectivity index (χ1n) is 10.1. The van der Waals surface area contributed by atoms with Gasteiger partial charge in [0.2, 0.25) is 0 Å². The lowest BCUT2D eigenvalue weighted by Gasteiger charge is -2.25. The van der Waals surface area contributed by atoms with E-state index in [2.05, 4.69) is 0 Å². The number of hydrogen-bond acceptors (Lipinski definition) is 4. The molecule has 150 valence electrons. The van der Waals surface area contributed by atoms with Gasteiger partial charge in [-0.25, -0.2) is 0 Å². The number of benzene rings is 2. The summed E-state index contributed by atoms with van der Waals surface area (Å²) in [5.74, 6) is -0.517. The Morgan fingerprint density at radius 1 is 1.21 bits per heavy atom. The van der Waals surface area contributed by atoms with E-state index in [9.17, 15) is 14.7 Å². The van der Waals surface area contributed by atoms with Crippen molar-refractivity contribution in [1.29, 1.82) is 0 Å². The number of rotatable bonds is 4. The number of amides is 1. The summed E-state index contributed by atoms with van der Waals surface area (Å²) in [6.45, 7) is 6.38. The molecule has 2 unspecified atom stereocenters. The second kappa shape index (κ2) is 7.39. The van der Waals surface area contributed by atoms with Crippen molar-refractivity contribution in [3.63, 3.8) is 0 Å². The minimum Gasteiger partial charge on any atom is -0.507 e. The average Bonchev–Trinajstić information content (AvgIpc) is 3.18. The fraction of sp³-hybridized carbons (Fsp3) is 0.333. The van der Waals surface area contributed by atoms with Gasteiger partial charge in [-0.1, -0.05) is 36.8 Å².